The minimum Gasteiger partial charge on any atom is -0.353 e. The van der Waals surface area contributed by atoms with Gasteiger partial charge in [-0.05, 0) is 49.9 Å². The van der Waals surface area contributed by atoms with E-state index in [1.807, 2.05) is 0 Å². The second kappa shape index (κ2) is 4.77. The van der Waals surface area contributed by atoms with Crippen molar-refractivity contribution < 1.29 is 4.79 Å². The van der Waals surface area contributed by atoms with Crippen LogP contribution in [0.5, 0.6) is 0 Å². The molecule has 0 heterocycles. The third-order valence-electron chi connectivity index (χ3n) is 4.42. The molecule has 2 aliphatic rings. The molecule has 4 atom stereocenters. The van der Waals surface area contributed by atoms with Gasteiger partial charge in [-0.1, -0.05) is 20.3 Å². The molecule has 0 aromatic rings. The zero-order valence-corrected chi connectivity index (χ0v) is 10.8. The second-order valence-corrected chi connectivity index (χ2v) is 6.29. The lowest BCUT2D eigenvalue weighted by Gasteiger charge is -2.28. The first-order valence-corrected chi connectivity index (χ1v) is 6.85. The number of carbonyl (C=O) groups excluding carboxylic acids is 1. The number of nitrogens with one attached hydrogen (secondary N) is 1. The molecule has 1 amide bonds. The van der Waals surface area contributed by atoms with Crippen molar-refractivity contribution in [2.24, 2.45) is 23.7 Å². The number of hydrogen-bond acceptors (Lipinski definition) is 1. The van der Waals surface area contributed by atoms with Crippen molar-refractivity contribution >= 4 is 5.91 Å². The fourth-order valence-corrected chi connectivity index (χ4v) is 3.70. The Labute approximate surface area is 99.2 Å². The van der Waals surface area contributed by atoms with Crippen molar-refractivity contribution in [1.29, 1.82) is 0 Å². The summed E-state index contributed by atoms with van der Waals surface area (Å²) in [5, 5.41) is 3.20. The van der Waals surface area contributed by atoms with Crippen LogP contribution >= 0.6 is 0 Å². The van der Waals surface area contributed by atoms with Crippen molar-refractivity contribution in [3.8, 4) is 0 Å². The van der Waals surface area contributed by atoms with Crippen molar-refractivity contribution in [2.45, 2.75) is 58.9 Å². The average Bonchev–Trinajstić information content (AvgIpc) is 2.76. The molecule has 92 valence electrons. The molecule has 0 aliphatic heterocycles. The van der Waals surface area contributed by atoms with Crippen molar-refractivity contribution in [3.63, 3.8) is 0 Å². The Bertz CT molecular complexity index is 261. The molecule has 2 nitrogen and oxygen atoms in total. The summed E-state index contributed by atoms with van der Waals surface area (Å²) >= 11 is 0. The maximum absolute atomic E-state index is 11.7. The van der Waals surface area contributed by atoms with Gasteiger partial charge in [0.15, 0.2) is 0 Å². The van der Waals surface area contributed by atoms with Crippen molar-refractivity contribution in [1.82, 2.24) is 5.32 Å². The molecular formula is C14H25NO. The van der Waals surface area contributed by atoms with Gasteiger partial charge in [0.25, 0.3) is 0 Å². The van der Waals surface area contributed by atoms with Crippen LogP contribution in [0.3, 0.4) is 0 Å². The van der Waals surface area contributed by atoms with Crippen LogP contribution in [-0.4, -0.2) is 11.9 Å². The van der Waals surface area contributed by atoms with E-state index in [0.717, 1.165) is 17.8 Å². The molecule has 0 aromatic heterocycles. The van der Waals surface area contributed by atoms with Crippen LogP contribution in [0.4, 0.5) is 0 Å². The highest BCUT2D eigenvalue weighted by Gasteiger charge is 2.42. The monoisotopic (exact) mass is 223 g/mol. The number of rotatable bonds is 4. The first kappa shape index (κ1) is 11.9. The summed E-state index contributed by atoms with van der Waals surface area (Å²) < 4.78 is 0. The molecule has 2 rings (SSSR count). The molecule has 0 saturated heterocycles. The summed E-state index contributed by atoms with van der Waals surface area (Å²) in [4.78, 5) is 11.7. The Morgan fingerprint density at radius 1 is 1.25 bits per heavy atom. The molecule has 16 heavy (non-hydrogen) atoms. The Balaban J connectivity index is 1.80. The highest BCUT2D eigenvalue weighted by molar-refractivity contribution is 5.76. The molecule has 2 heteroatoms. The lowest BCUT2D eigenvalue weighted by molar-refractivity contribution is -0.122. The molecule has 2 fully saturated rings. The molecule has 2 saturated carbocycles. The number of carbonyl (C=O) groups is 1. The van der Waals surface area contributed by atoms with Gasteiger partial charge in [-0.2, -0.15) is 0 Å². The van der Waals surface area contributed by atoms with Crippen LogP contribution in [0.1, 0.15) is 52.9 Å². The van der Waals surface area contributed by atoms with E-state index >= 15 is 0 Å². The van der Waals surface area contributed by atoms with Gasteiger partial charge < -0.3 is 5.32 Å². The molecular weight excluding hydrogens is 198 g/mol. The topological polar surface area (TPSA) is 29.1 Å². The Morgan fingerprint density at radius 2 is 2.00 bits per heavy atom. The lowest BCUT2D eigenvalue weighted by Crippen LogP contribution is -2.40. The Kier molecular flexibility index (Phi) is 3.56. The van der Waals surface area contributed by atoms with E-state index in [1.165, 1.54) is 25.7 Å². The van der Waals surface area contributed by atoms with Crippen molar-refractivity contribution in [2.75, 3.05) is 0 Å². The Morgan fingerprint density at radius 3 is 2.50 bits per heavy atom. The van der Waals surface area contributed by atoms with Crippen LogP contribution in [0.25, 0.3) is 0 Å². The van der Waals surface area contributed by atoms with E-state index in [4.69, 9.17) is 0 Å². The highest BCUT2D eigenvalue weighted by atomic mass is 16.1. The standard InChI is InChI=1S/C14H25NO/c1-9(2)6-14(16)15-10(3)13-8-11-4-5-12(13)7-11/h9-13H,4-8H2,1-3H3,(H,15,16)/t10-,11-,12-,13+/m0/s1. The van der Waals surface area contributed by atoms with Gasteiger partial charge in [-0.25, -0.2) is 0 Å². The largest absolute Gasteiger partial charge is 0.353 e. The predicted octanol–water partition coefficient (Wildman–Crippen LogP) is 2.97. The van der Waals surface area contributed by atoms with E-state index in [1.54, 1.807) is 0 Å². The normalized spacial score (nSPS) is 34.4. The lowest BCUT2D eigenvalue weighted by atomic mass is 9.84. The number of amides is 1. The molecule has 2 bridgehead atoms. The van der Waals surface area contributed by atoms with Crippen LogP contribution in [0.2, 0.25) is 0 Å². The quantitative estimate of drug-likeness (QED) is 0.780. The Hall–Kier alpha value is -0.530. The summed E-state index contributed by atoms with van der Waals surface area (Å²) in [6.07, 6.45) is 6.29. The van der Waals surface area contributed by atoms with Gasteiger partial charge in [0, 0.05) is 12.5 Å². The summed E-state index contributed by atoms with van der Waals surface area (Å²) in [5.41, 5.74) is 0. The molecule has 0 aromatic carbocycles. The van der Waals surface area contributed by atoms with E-state index in [0.29, 0.717) is 18.4 Å². The summed E-state index contributed by atoms with van der Waals surface area (Å²) in [5.74, 6) is 3.34. The molecule has 2 aliphatic carbocycles. The molecule has 1 N–H and O–H groups in total. The van der Waals surface area contributed by atoms with E-state index in [9.17, 15) is 4.79 Å². The zero-order valence-electron chi connectivity index (χ0n) is 10.8. The predicted molar refractivity (Wildman–Crippen MR) is 66.0 cm³/mol. The van der Waals surface area contributed by atoms with E-state index < -0.39 is 0 Å². The maximum atomic E-state index is 11.7. The van der Waals surface area contributed by atoms with Gasteiger partial charge in [0.05, 0.1) is 0 Å². The molecule has 0 unspecified atom stereocenters. The van der Waals surface area contributed by atoms with Gasteiger partial charge in [-0.15, -0.1) is 0 Å². The zero-order chi connectivity index (χ0) is 11.7. The van der Waals surface area contributed by atoms with E-state index in [2.05, 4.69) is 26.1 Å². The SMILES string of the molecule is CC(C)CC(=O)N[C@@H](C)[C@H]1C[C@H]2CC[C@H]1C2. The third-order valence-corrected chi connectivity index (χ3v) is 4.42. The van der Waals surface area contributed by atoms with Gasteiger partial charge >= 0.3 is 0 Å². The van der Waals surface area contributed by atoms with Crippen LogP contribution in [0, 0.1) is 23.7 Å². The first-order valence-electron chi connectivity index (χ1n) is 6.85. The van der Waals surface area contributed by atoms with Gasteiger partial charge in [0.2, 0.25) is 5.91 Å². The summed E-state index contributed by atoms with van der Waals surface area (Å²) in [6, 6.07) is 0.390. The minimum absolute atomic E-state index is 0.241. The average molecular weight is 223 g/mol. The van der Waals surface area contributed by atoms with Crippen LogP contribution in [-0.2, 0) is 4.79 Å². The number of hydrogen-bond donors (Lipinski definition) is 1. The summed E-state index contributed by atoms with van der Waals surface area (Å²) in [7, 11) is 0. The smallest absolute Gasteiger partial charge is 0.220 e. The van der Waals surface area contributed by atoms with Crippen molar-refractivity contribution in [3.05, 3.63) is 0 Å². The first-order chi connectivity index (χ1) is 7.56. The van der Waals surface area contributed by atoms with Gasteiger partial charge in [0.1, 0.15) is 0 Å². The minimum atomic E-state index is 0.241. The third kappa shape index (κ3) is 2.58. The maximum Gasteiger partial charge on any atom is 0.220 e. The van der Waals surface area contributed by atoms with Gasteiger partial charge in [-0.3, -0.25) is 4.79 Å². The second-order valence-electron chi connectivity index (χ2n) is 6.29. The number of fused-ring (bicyclic) bond motifs is 2. The fourth-order valence-electron chi connectivity index (χ4n) is 3.70. The van der Waals surface area contributed by atoms with Crippen LogP contribution < -0.4 is 5.32 Å². The van der Waals surface area contributed by atoms with Crippen LogP contribution in [0.15, 0.2) is 0 Å². The molecule has 0 radical (unpaired) electrons. The van der Waals surface area contributed by atoms with E-state index in [-0.39, 0.29) is 5.91 Å². The summed E-state index contributed by atoms with van der Waals surface area (Å²) in [6.45, 7) is 6.40. The highest BCUT2D eigenvalue weighted by Crippen LogP contribution is 2.49. The molecule has 0 spiro atoms. The fraction of sp³-hybridized carbons (Fsp3) is 0.929.